The van der Waals surface area contributed by atoms with Crippen LogP contribution in [0, 0.1) is 26.8 Å². The van der Waals surface area contributed by atoms with Crippen LogP contribution in [0.1, 0.15) is 16.8 Å². The molecule has 322 valence electrons. The molecule has 1 aliphatic heterocycles. The number of hydroxylamine groups is 1. The van der Waals surface area contributed by atoms with Crippen LogP contribution in [0.3, 0.4) is 0 Å². The van der Waals surface area contributed by atoms with Gasteiger partial charge in [0.05, 0.1) is 71.0 Å². The number of sulfonamides is 1. The lowest BCUT2D eigenvalue weighted by atomic mass is 10.1. The highest BCUT2D eigenvalue weighted by Gasteiger charge is 2.24. The maximum Gasteiger partial charge on any atom is 0.277 e. The minimum absolute atomic E-state index is 0.00639. The molecule has 14 nitrogen and oxygen atoms in total. The van der Waals surface area contributed by atoms with Crippen molar-refractivity contribution in [1.29, 1.82) is 0 Å². The number of hydrogen-bond acceptors (Lipinski definition) is 11. The second kappa shape index (κ2) is 19.6. The lowest BCUT2D eigenvalue weighted by Crippen LogP contribution is -2.49. The maximum absolute atomic E-state index is 14.7. The summed E-state index contributed by atoms with van der Waals surface area (Å²) in [6.07, 6.45) is 3.25. The first kappa shape index (κ1) is 44.4. The number of benzene rings is 4. The topological polar surface area (TPSA) is 168 Å². The summed E-state index contributed by atoms with van der Waals surface area (Å²) in [6, 6.07) is 17.2. The van der Waals surface area contributed by atoms with Crippen LogP contribution in [0.4, 0.5) is 40.4 Å². The molecule has 7 rings (SSSR count). The molecule has 2 aromatic heterocycles. The van der Waals surface area contributed by atoms with Crippen LogP contribution < -0.4 is 20.4 Å². The number of carbonyl (C=O) groups excluding carboxylic acids is 2. The largest absolute Gasteiger partial charge is 0.378 e. The molecule has 0 saturated carbocycles. The molecule has 2 amide bonds. The van der Waals surface area contributed by atoms with Gasteiger partial charge in [-0.1, -0.05) is 17.7 Å². The molecule has 6 aromatic rings. The Bertz CT molecular complexity index is 2750. The van der Waals surface area contributed by atoms with Crippen molar-refractivity contribution >= 4 is 89.9 Å². The highest BCUT2D eigenvalue weighted by Crippen LogP contribution is 2.31. The van der Waals surface area contributed by atoms with Crippen molar-refractivity contribution in [3.05, 3.63) is 129 Å². The zero-order chi connectivity index (χ0) is 44.0. The fraction of sp³-hybridized carbons (Fsp3) is 0.195. The smallest absolute Gasteiger partial charge is 0.277 e. The Morgan fingerprint density at radius 1 is 0.790 bits per heavy atom. The Balaban J connectivity index is 0.863. The minimum atomic E-state index is -4.08. The minimum Gasteiger partial charge on any atom is -0.378 e. The summed E-state index contributed by atoms with van der Waals surface area (Å²) in [7, 11) is -4.08. The molecule has 1 saturated heterocycles. The lowest BCUT2D eigenvalue weighted by Gasteiger charge is -2.35. The third-order valence-electron chi connectivity index (χ3n) is 9.51. The number of nitrogens with one attached hydrogen (secondary N) is 3. The summed E-state index contributed by atoms with van der Waals surface area (Å²) < 4.78 is 90.8. The monoisotopic (exact) mass is 1000 g/mol. The summed E-state index contributed by atoms with van der Waals surface area (Å²) in [4.78, 5) is 47.9. The van der Waals surface area contributed by atoms with Gasteiger partial charge in [-0.15, -0.1) is 0 Å². The Hall–Kier alpha value is -5.68. The zero-order valence-corrected chi connectivity index (χ0v) is 35.9. The predicted octanol–water partition coefficient (Wildman–Crippen LogP) is 7.47. The van der Waals surface area contributed by atoms with Gasteiger partial charge in [-0.2, -0.15) is 0 Å². The van der Waals surface area contributed by atoms with Crippen molar-refractivity contribution in [3.63, 3.8) is 0 Å². The van der Waals surface area contributed by atoms with Crippen LogP contribution >= 0.6 is 34.2 Å². The molecule has 0 atom stereocenters. The summed E-state index contributed by atoms with van der Waals surface area (Å²) >= 11 is 8.14. The summed E-state index contributed by atoms with van der Waals surface area (Å²) in [5.74, 6) is -4.33. The molecule has 0 aliphatic carbocycles. The maximum atomic E-state index is 14.7. The number of aromatic nitrogens is 3. The molecule has 0 bridgehead atoms. The fourth-order valence-corrected chi connectivity index (χ4v) is 8.01. The lowest BCUT2D eigenvalue weighted by molar-refractivity contribution is -0.132. The van der Waals surface area contributed by atoms with E-state index in [1.807, 2.05) is 27.5 Å². The standard InChI is InChI=1S/C41H34ClF4IN8O6S/c42-40-35(53-62(58,59)28-5-2-26(43)3-6-28)20-25(22-49-40)24-1-9-33-34(19-24)50-36(23-48-33)54-12-14-55(15-13-54)37(56)11-16-60-17-18-61-52-41(57)29-7-8-30(44)38(46)39(29)51-32-10-4-27(47)21-31(32)45/h1-10,19-23,51,53H,11-18H2,(H,52,57). The molecular weight excluding hydrogens is 971 g/mol. The van der Waals surface area contributed by atoms with Crippen molar-refractivity contribution in [1.82, 2.24) is 25.3 Å². The second-order valence-electron chi connectivity index (χ2n) is 13.6. The number of carbonyl (C=O) groups is 2. The molecule has 21 heteroatoms. The number of piperazine rings is 1. The van der Waals surface area contributed by atoms with Crippen molar-refractivity contribution in [3.8, 4) is 11.1 Å². The molecule has 1 fully saturated rings. The van der Waals surface area contributed by atoms with E-state index in [0.717, 1.165) is 36.4 Å². The van der Waals surface area contributed by atoms with Gasteiger partial charge < -0.3 is 19.9 Å². The quantitative estimate of drug-likeness (QED) is 0.0307. The number of rotatable bonds is 15. The molecular formula is C41H34ClF4IN8O6S. The van der Waals surface area contributed by atoms with E-state index in [2.05, 4.69) is 25.5 Å². The Morgan fingerprint density at radius 2 is 1.56 bits per heavy atom. The third kappa shape index (κ3) is 10.7. The average molecular weight is 1010 g/mol. The van der Waals surface area contributed by atoms with Crippen LogP contribution in [-0.4, -0.2) is 86.1 Å². The van der Waals surface area contributed by atoms with Gasteiger partial charge in [-0.05, 0) is 101 Å². The second-order valence-corrected chi connectivity index (χ2v) is 16.9. The molecule has 4 aromatic carbocycles. The molecule has 62 heavy (non-hydrogen) atoms. The van der Waals surface area contributed by atoms with Gasteiger partial charge in [0.1, 0.15) is 17.5 Å². The Morgan fingerprint density at radius 3 is 2.32 bits per heavy atom. The number of hydrogen-bond donors (Lipinski definition) is 3. The van der Waals surface area contributed by atoms with Crippen LogP contribution in [0.5, 0.6) is 0 Å². The number of nitrogens with zero attached hydrogens (tertiary/aromatic N) is 5. The van der Waals surface area contributed by atoms with Gasteiger partial charge in [0.15, 0.2) is 16.8 Å². The van der Waals surface area contributed by atoms with Crippen LogP contribution in [0.2, 0.25) is 5.15 Å². The number of fused-ring (bicyclic) bond motifs is 1. The highest BCUT2D eigenvalue weighted by molar-refractivity contribution is 14.1. The van der Waals surface area contributed by atoms with E-state index in [1.54, 1.807) is 35.4 Å². The molecule has 1 aliphatic rings. The average Bonchev–Trinajstić information content (AvgIpc) is 3.26. The molecule has 3 N–H and O–H groups in total. The van der Waals surface area contributed by atoms with E-state index in [9.17, 15) is 35.6 Å². The SMILES string of the molecule is O=C(NOCCOCCC(=O)N1CCN(c2cnc3ccc(-c4cnc(Cl)c(NS(=O)(=O)c5ccc(F)cc5)c4)cc3n2)CC1)c1ccc(F)c(F)c1Nc1ccc(I)cc1F. The number of ether oxygens (including phenoxy) is 1. The van der Waals surface area contributed by atoms with Crippen LogP contribution in [-0.2, 0) is 24.4 Å². The van der Waals surface area contributed by atoms with Gasteiger partial charge >= 0.3 is 0 Å². The number of amides is 2. The third-order valence-corrected chi connectivity index (χ3v) is 11.9. The van der Waals surface area contributed by atoms with Crippen molar-refractivity contribution in [2.75, 3.05) is 60.9 Å². The number of pyridine rings is 1. The first-order valence-corrected chi connectivity index (χ1v) is 21.6. The molecule has 3 heterocycles. The first-order chi connectivity index (χ1) is 29.8. The normalized spacial score (nSPS) is 13.0. The first-order valence-electron chi connectivity index (χ1n) is 18.7. The predicted molar refractivity (Wildman–Crippen MR) is 231 cm³/mol. The van der Waals surface area contributed by atoms with Crippen LogP contribution in [0.25, 0.3) is 22.2 Å². The van der Waals surface area contributed by atoms with E-state index in [0.29, 0.717) is 57.7 Å². The fourth-order valence-electron chi connectivity index (χ4n) is 6.29. The van der Waals surface area contributed by atoms with E-state index in [-0.39, 0.29) is 59.1 Å². The van der Waals surface area contributed by atoms with E-state index >= 15 is 0 Å². The Kier molecular flexibility index (Phi) is 14.0. The molecule has 0 unspecified atom stereocenters. The highest BCUT2D eigenvalue weighted by atomic mass is 127. The molecule has 0 radical (unpaired) electrons. The van der Waals surface area contributed by atoms with E-state index in [1.165, 1.54) is 24.4 Å². The van der Waals surface area contributed by atoms with Gasteiger partial charge in [0.2, 0.25) is 5.91 Å². The van der Waals surface area contributed by atoms with Crippen molar-refractivity contribution in [2.45, 2.75) is 11.3 Å². The van der Waals surface area contributed by atoms with Gasteiger partial charge in [0.25, 0.3) is 15.9 Å². The molecule has 0 spiro atoms. The van der Waals surface area contributed by atoms with Crippen molar-refractivity contribution < 1.29 is 45.1 Å². The van der Waals surface area contributed by atoms with Gasteiger partial charge in [0, 0.05) is 41.5 Å². The van der Waals surface area contributed by atoms with E-state index < -0.39 is 44.9 Å². The van der Waals surface area contributed by atoms with Crippen LogP contribution in [0.15, 0.2) is 96.2 Å². The van der Waals surface area contributed by atoms with Gasteiger partial charge in [-0.25, -0.2) is 41.4 Å². The van der Waals surface area contributed by atoms with Crippen molar-refractivity contribution in [2.24, 2.45) is 0 Å². The summed E-state index contributed by atoms with van der Waals surface area (Å²) in [6.45, 7) is 1.81. The van der Waals surface area contributed by atoms with Gasteiger partial charge in [-0.3, -0.25) is 24.1 Å². The number of halogens is 6. The summed E-state index contributed by atoms with van der Waals surface area (Å²) in [5, 5.41) is 2.37. The zero-order valence-electron chi connectivity index (χ0n) is 32.2. The Labute approximate surface area is 370 Å². The number of anilines is 4. The van der Waals surface area contributed by atoms with E-state index in [4.69, 9.17) is 26.2 Å². The summed E-state index contributed by atoms with van der Waals surface area (Å²) in [5.41, 5.74) is 3.54.